The van der Waals surface area contributed by atoms with Gasteiger partial charge in [-0.15, -0.1) is 0 Å². The molecular formula is C17H11BrF6N4O2. The molecule has 0 bridgehead atoms. The molecule has 2 aromatic heterocycles. The standard InChI is InChI=1S/C17H11BrF6N4O2/c1-7-5-9(16(19,20)21)6-8(2)11(7)28-15(30)12(27-4-3-10(18)25-27)13(29)14(26-28)17(22,23)24/h3-6,29H,1-2H3. The smallest absolute Gasteiger partial charge is 0.438 e. The maximum atomic E-state index is 13.5. The van der Waals surface area contributed by atoms with E-state index in [0.717, 1.165) is 6.20 Å². The van der Waals surface area contributed by atoms with E-state index in [-0.39, 0.29) is 21.4 Å². The molecule has 0 amide bonds. The predicted molar refractivity (Wildman–Crippen MR) is 95.8 cm³/mol. The first-order valence-electron chi connectivity index (χ1n) is 8.05. The Bertz CT molecular complexity index is 1170. The minimum absolute atomic E-state index is 0.136. The average Bonchev–Trinajstić information content (AvgIpc) is 3.00. The first kappa shape index (κ1) is 21.9. The topological polar surface area (TPSA) is 72.9 Å². The third kappa shape index (κ3) is 3.80. The van der Waals surface area contributed by atoms with Crippen LogP contribution < -0.4 is 5.56 Å². The zero-order chi connectivity index (χ0) is 22.6. The summed E-state index contributed by atoms with van der Waals surface area (Å²) < 4.78 is 80.7. The van der Waals surface area contributed by atoms with E-state index in [1.807, 2.05) is 0 Å². The minimum Gasteiger partial charge on any atom is -0.504 e. The normalized spacial score (nSPS) is 12.4. The van der Waals surface area contributed by atoms with Crippen LogP contribution in [0.15, 0.2) is 33.8 Å². The van der Waals surface area contributed by atoms with E-state index in [1.165, 1.54) is 19.9 Å². The summed E-state index contributed by atoms with van der Waals surface area (Å²) in [6, 6.07) is 2.70. The summed E-state index contributed by atoms with van der Waals surface area (Å²) in [6.45, 7) is 2.41. The van der Waals surface area contributed by atoms with Gasteiger partial charge in [0.1, 0.15) is 4.60 Å². The number of hydrogen-bond acceptors (Lipinski definition) is 4. The second-order valence-corrected chi connectivity index (χ2v) is 7.11. The summed E-state index contributed by atoms with van der Waals surface area (Å²) in [5, 5.41) is 17.1. The molecule has 13 heteroatoms. The fraction of sp³-hybridized carbons (Fsp3) is 0.235. The summed E-state index contributed by atoms with van der Waals surface area (Å²) in [6.07, 6.45) is -8.73. The van der Waals surface area contributed by atoms with Crippen LogP contribution in [0.2, 0.25) is 0 Å². The van der Waals surface area contributed by atoms with Crippen LogP contribution in [0, 0.1) is 13.8 Å². The van der Waals surface area contributed by atoms with Gasteiger partial charge in [-0.2, -0.15) is 41.2 Å². The summed E-state index contributed by atoms with van der Waals surface area (Å²) in [4.78, 5) is 12.9. The zero-order valence-corrected chi connectivity index (χ0v) is 16.7. The van der Waals surface area contributed by atoms with Gasteiger partial charge in [-0.25, -0.2) is 4.68 Å². The minimum atomic E-state index is -5.16. The number of nitrogens with zero attached hydrogens (tertiary/aromatic N) is 4. The first-order chi connectivity index (χ1) is 13.7. The molecule has 0 unspecified atom stereocenters. The molecule has 1 aromatic carbocycles. The Balaban J connectivity index is 2.41. The fourth-order valence-electron chi connectivity index (χ4n) is 2.94. The van der Waals surface area contributed by atoms with Gasteiger partial charge in [0.25, 0.3) is 0 Å². The van der Waals surface area contributed by atoms with Crippen molar-refractivity contribution in [3.05, 3.63) is 61.7 Å². The van der Waals surface area contributed by atoms with E-state index in [4.69, 9.17) is 0 Å². The first-order valence-corrected chi connectivity index (χ1v) is 8.85. The Morgan fingerprint density at radius 2 is 1.53 bits per heavy atom. The number of alkyl halides is 6. The molecule has 160 valence electrons. The number of aromatic hydroxyl groups is 1. The lowest BCUT2D eigenvalue weighted by Crippen LogP contribution is -2.30. The SMILES string of the molecule is Cc1cc(C(F)(F)F)cc(C)c1-n1nc(C(F)(F)F)c(O)c(-n2ccc(Br)n2)c1=O. The van der Waals surface area contributed by atoms with Gasteiger partial charge in [0, 0.05) is 6.20 Å². The number of aryl methyl sites for hydroxylation is 2. The lowest BCUT2D eigenvalue weighted by Gasteiger charge is -2.18. The maximum Gasteiger partial charge on any atom is 0.438 e. The third-order valence-corrected chi connectivity index (χ3v) is 4.55. The number of rotatable bonds is 2. The highest BCUT2D eigenvalue weighted by Gasteiger charge is 2.40. The number of aromatic nitrogens is 4. The molecule has 0 saturated heterocycles. The van der Waals surface area contributed by atoms with Crippen molar-refractivity contribution in [2.75, 3.05) is 0 Å². The van der Waals surface area contributed by atoms with Crippen molar-refractivity contribution in [3.8, 4) is 17.1 Å². The van der Waals surface area contributed by atoms with Crippen LogP contribution in [0.3, 0.4) is 0 Å². The molecule has 0 radical (unpaired) electrons. The van der Waals surface area contributed by atoms with Gasteiger partial charge in [0.05, 0.1) is 11.3 Å². The summed E-state index contributed by atoms with van der Waals surface area (Å²) in [7, 11) is 0. The van der Waals surface area contributed by atoms with Crippen molar-refractivity contribution in [1.82, 2.24) is 19.6 Å². The van der Waals surface area contributed by atoms with Gasteiger partial charge in [-0.05, 0) is 59.1 Å². The van der Waals surface area contributed by atoms with Gasteiger partial charge < -0.3 is 5.11 Å². The van der Waals surface area contributed by atoms with Crippen LogP contribution in [0.1, 0.15) is 22.4 Å². The molecule has 3 aromatic rings. The van der Waals surface area contributed by atoms with E-state index in [1.54, 1.807) is 0 Å². The van der Waals surface area contributed by atoms with Gasteiger partial charge in [0.15, 0.2) is 11.4 Å². The van der Waals surface area contributed by atoms with E-state index in [2.05, 4.69) is 26.1 Å². The fourth-order valence-corrected chi connectivity index (χ4v) is 3.22. The van der Waals surface area contributed by atoms with E-state index >= 15 is 0 Å². The van der Waals surface area contributed by atoms with Crippen LogP contribution in [-0.4, -0.2) is 24.7 Å². The second kappa shape index (κ2) is 7.15. The molecule has 0 atom stereocenters. The molecular weight excluding hydrogens is 486 g/mol. The van der Waals surface area contributed by atoms with Gasteiger partial charge in [-0.1, -0.05) is 0 Å². The summed E-state index contributed by atoms with van der Waals surface area (Å²) in [5.41, 5.74) is -5.43. The quantitative estimate of drug-likeness (QED) is 0.528. The van der Waals surface area contributed by atoms with Gasteiger partial charge in [0.2, 0.25) is 5.69 Å². The largest absolute Gasteiger partial charge is 0.504 e. The van der Waals surface area contributed by atoms with E-state index < -0.39 is 40.6 Å². The zero-order valence-electron chi connectivity index (χ0n) is 15.1. The monoisotopic (exact) mass is 496 g/mol. The molecule has 0 spiro atoms. The molecule has 0 saturated carbocycles. The van der Waals surface area contributed by atoms with Crippen LogP contribution in [0.5, 0.6) is 5.75 Å². The van der Waals surface area contributed by atoms with Gasteiger partial charge in [-0.3, -0.25) is 4.79 Å². The number of halogens is 7. The highest BCUT2D eigenvalue weighted by Crippen LogP contribution is 2.37. The molecule has 2 heterocycles. The number of benzene rings is 1. The van der Waals surface area contributed by atoms with Crippen molar-refractivity contribution < 1.29 is 31.4 Å². The summed E-state index contributed by atoms with van der Waals surface area (Å²) >= 11 is 2.98. The van der Waals surface area contributed by atoms with Crippen LogP contribution in [0.4, 0.5) is 26.3 Å². The average molecular weight is 497 g/mol. The molecule has 3 rings (SSSR count). The Morgan fingerprint density at radius 1 is 0.967 bits per heavy atom. The van der Waals surface area contributed by atoms with Crippen molar-refractivity contribution in [2.24, 2.45) is 0 Å². The van der Waals surface area contributed by atoms with Crippen molar-refractivity contribution in [1.29, 1.82) is 0 Å². The lowest BCUT2D eigenvalue weighted by atomic mass is 10.0. The Kier molecular flexibility index (Phi) is 5.21. The predicted octanol–water partition coefficient (Wildman–Crippen LogP) is 4.54. The molecule has 0 aliphatic carbocycles. The van der Waals surface area contributed by atoms with Crippen LogP contribution in [0.25, 0.3) is 11.4 Å². The van der Waals surface area contributed by atoms with Crippen LogP contribution in [-0.2, 0) is 12.4 Å². The van der Waals surface area contributed by atoms with Crippen molar-refractivity contribution in [3.63, 3.8) is 0 Å². The second-order valence-electron chi connectivity index (χ2n) is 6.30. The highest BCUT2D eigenvalue weighted by atomic mass is 79.9. The van der Waals surface area contributed by atoms with Crippen molar-refractivity contribution in [2.45, 2.75) is 26.2 Å². The Morgan fingerprint density at radius 3 is 1.97 bits per heavy atom. The third-order valence-electron chi connectivity index (χ3n) is 4.13. The maximum absolute atomic E-state index is 13.5. The highest BCUT2D eigenvalue weighted by molar-refractivity contribution is 9.10. The molecule has 6 nitrogen and oxygen atoms in total. The number of hydrogen-bond donors (Lipinski definition) is 1. The molecule has 0 aliphatic rings. The lowest BCUT2D eigenvalue weighted by molar-refractivity contribution is -0.143. The molecule has 30 heavy (non-hydrogen) atoms. The van der Waals surface area contributed by atoms with Crippen molar-refractivity contribution >= 4 is 15.9 Å². The Labute approximate surface area is 172 Å². The van der Waals surface area contributed by atoms with Crippen LogP contribution >= 0.6 is 15.9 Å². The van der Waals surface area contributed by atoms with E-state index in [9.17, 15) is 36.2 Å². The Hall–Kier alpha value is -2.83. The molecule has 0 fully saturated rings. The molecule has 1 N–H and O–H groups in total. The summed E-state index contributed by atoms with van der Waals surface area (Å²) in [5.74, 6) is -1.46. The van der Waals surface area contributed by atoms with E-state index in [0.29, 0.717) is 21.5 Å². The van der Waals surface area contributed by atoms with Gasteiger partial charge >= 0.3 is 17.9 Å². The molecule has 0 aliphatic heterocycles.